The molecule has 1 aliphatic rings. The summed E-state index contributed by atoms with van der Waals surface area (Å²) in [7, 11) is 0. The zero-order valence-corrected chi connectivity index (χ0v) is 19.0. The molecule has 1 atom stereocenters. The molecule has 31 heavy (non-hydrogen) atoms. The number of piperidine rings is 1. The van der Waals surface area contributed by atoms with Crippen molar-refractivity contribution in [3.8, 4) is 0 Å². The molecule has 0 aliphatic carbocycles. The molecule has 3 rings (SSSR count). The number of carbonyl (C=O) groups excluding carboxylic acids is 2. The smallest absolute Gasteiger partial charge is 0.262 e. The van der Waals surface area contributed by atoms with E-state index in [9.17, 15) is 14.0 Å². The summed E-state index contributed by atoms with van der Waals surface area (Å²) in [4.78, 5) is 28.0. The lowest BCUT2D eigenvalue weighted by Gasteiger charge is -2.37. The second kappa shape index (κ2) is 11.2. The van der Waals surface area contributed by atoms with Gasteiger partial charge in [0.15, 0.2) is 5.11 Å². The van der Waals surface area contributed by atoms with E-state index in [4.69, 9.17) is 12.2 Å². The van der Waals surface area contributed by atoms with Crippen molar-refractivity contribution in [3.63, 3.8) is 0 Å². The maximum Gasteiger partial charge on any atom is 0.262 e. The van der Waals surface area contributed by atoms with Crippen LogP contribution in [-0.2, 0) is 4.79 Å². The molecule has 0 saturated carbocycles. The lowest BCUT2D eigenvalue weighted by molar-refractivity contribution is -0.124. The lowest BCUT2D eigenvalue weighted by atomic mass is 9.88. The number of halogens is 1. The molecule has 1 aromatic carbocycles. The molecule has 0 bridgehead atoms. The van der Waals surface area contributed by atoms with Crippen LogP contribution in [0.3, 0.4) is 0 Å². The minimum atomic E-state index is -0.582. The summed E-state index contributed by atoms with van der Waals surface area (Å²) in [5.74, 6) is -0.639. The number of amides is 2. The van der Waals surface area contributed by atoms with Crippen molar-refractivity contribution in [1.29, 1.82) is 0 Å². The zero-order valence-electron chi connectivity index (χ0n) is 17.4. The molecule has 1 aromatic heterocycles. The largest absolute Gasteiger partial charge is 0.354 e. The maximum absolute atomic E-state index is 13.1. The van der Waals surface area contributed by atoms with Gasteiger partial charge < -0.3 is 20.9 Å². The van der Waals surface area contributed by atoms with Crippen LogP contribution in [0.4, 0.5) is 10.1 Å². The first-order valence-electron chi connectivity index (χ1n) is 10.4. The predicted molar refractivity (Wildman–Crippen MR) is 126 cm³/mol. The van der Waals surface area contributed by atoms with Crippen LogP contribution in [-0.4, -0.2) is 47.5 Å². The number of carbonyl (C=O) groups is 2. The Labute approximate surface area is 191 Å². The third-order valence-electron chi connectivity index (χ3n) is 5.26. The Balaban J connectivity index is 1.59. The van der Waals surface area contributed by atoms with Gasteiger partial charge in [0.05, 0.1) is 4.88 Å². The molecule has 6 nitrogen and oxygen atoms in total. The number of hydrogen-bond donors (Lipinski definition) is 3. The first-order chi connectivity index (χ1) is 15.0. The Hall–Kier alpha value is -2.52. The summed E-state index contributed by atoms with van der Waals surface area (Å²) in [5, 5.41) is 11.4. The van der Waals surface area contributed by atoms with Crippen LogP contribution in [0.2, 0.25) is 0 Å². The molecule has 1 aliphatic heterocycles. The molecule has 3 N–H and O–H groups in total. The topological polar surface area (TPSA) is 73.5 Å². The van der Waals surface area contributed by atoms with E-state index in [-0.39, 0.29) is 23.5 Å². The molecule has 166 valence electrons. The highest BCUT2D eigenvalue weighted by molar-refractivity contribution is 7.80. The fourth-order valence-corrected chi connectivity index (χ4v) is 4.47. The third kappa shape index (κ3) is 6.48. The van der Waals surface area contributed by atoms with Gasteiger partial charge in [0, 0.05) is 25.3 Å². The zero-order chi connectivity index (χ0) is 22.2. The number of likely N-dealkylation sites (tertiary alicyclic amines) is 1. The second-order valence-corrected chi connectivity index (χ2v) is 8.82. The van der Waals surface area contributed by atoms with E-state index >= 15 is 0 Å². The maximum atomic E-state index is 13.1. The second-order valence-electron chi connectivity index (χ2n) is 7.48. The third-order valence-corrected chi connectivity index (χ3v) is 6.49. The van der Waals surface area contributed by atoms with E-state index in [1.54, 1.807) is 18.2 Å². The van der Waals surface area contributed by atoms with E-state index in [2.05, 4.69) is 16.0 Å². The van der Waals surface area contributed by atoms with E-state index in [0.29, 0.717) is 29.6 Å². The molecule has 1 saturated heterocycles. The number of hydrogen-bond acceptors (Lipinski definition) is 4. The van der Waals surface area contributed by atoms with E-state index in [1.165, 1.54) is 23.5 Å². The highest BCUT2D eigenvalue weighted by Crippen LogP contribution is 2.23. The van der Waals surface area contributed by atoms with Gasteiger partial charge in [-0.3, -0.25) is 9.59 Å². The average molecular weight is 463 g/mol. The summed E-state index contributed by atoms with van der Waals surface area (Å²) in [6.07, 6.45) is 2.28. The number of anilines is 1. The molecule has 0 radical (unpaired) electrons. The number of thiocarbonyl (C=S) groups is 1. The standard InChI is InChI=1S/C22H27FN4O2S2/c1-2-11-24-21(29)19(26-20(28)18-4-3-14-31-18)15-9-12-27(13-10-15)22(30)25-17-7-5-16(23)6-8-17/h3-8,14-15,19H,2,9-13H2,1H3,(H,24,29)(H,25,30)(H,26,28)/t19-/m1/s1. The average Bonchev–Trinajstić information content (AvgIpc) is 3.32. The minimum Gasteiger partial charge on any atom is -0.354 e. The predicted octanol–water partition coefficient (Wildman–Crippen LogP) is 3.62. The normalized spacial score (nSPS) is 15.2. The summed E-state index contributed by atoms with van der Waals surface area (Å²) < 4.78 is 13.1. The van der Waals surface area contributed by atoms with Gasteiger partial charge in [-0.2, -0.15) is 0 Å². The Kier molecular flexibility index (Phi) is 8.36. The Bertz CT molecular complexity index is 881. The van der Waals surface area contributed by atoms with E-state index < -0.39 is 6.04 Å². The van der Waals surface area contributed by atoms with Crippen molar-refractivity contribution >= 4 is 46.2 Å². The van der Waals surface area contributed by atoms with Crippen LogP contribution in [0.15, 0.2) is 41.8 Å². The highest BCUT2D eigenvalue weighted by Gasteiger charge is 2.33. The molecule has 2 amide bonds. The molecular weight excluding hydrogens is 435 g/mol. The lowest BCUT2D eigenvalue weighted by Crippen LogP contribution is -2.54. The van der Waals surface area contributed by atoms with Gasteiger partial charge in [-0.15, -0.1) is 11.3 Å². The van der Waals surface area contributed by atoms with Crippen LogP contribution >= 0.6 is 23.6 Å². The van der Waals surface area contributed by atoms with Crippen molar-refractivity contribution < 1.29 is 14.0 Å². The van der Waals surface area contributed by atoms with Gasteiger partial charge in [-0.25, -0.2) is 4.39 Å². The molecule has 0 spiro atoms. The summed E-state index contributed by atoms with van der Waals surface area (Å²) in [6, 6.07) is 9.04. The number of nitrogens with one attached hydrogen (secondary N) is 3. The summed E-state index contributed by atoms with van der Waals surface area (Å²) >= 11 is 6.85. The number of nitrogens with zero attached hydrogens (tertiary/aromatic N) is 1. The van der Waals surface area contributed by atoms with Crippen LogP contribution in [0.5, 0.6) is 0 Å². The summed E-state index contributed by atoms with van der Waals surface area (Å²) in [6.45, 7) is 3.91. The van der Waals surface area contributed by atoms with Crippen LogP contribution in [0.25, 0.3) is 0 Å². The van der Waals surface area contributed by atoms with Crippen LogP contribution < -0.4 is 16.0 Å². The number of rotatable bonds is 7. The van der Waals surface area contributed by atoms with Crippen LogP contribution in [0, 0.1) is 11.7 Å². The SMILES string of the molecule is CCCNC(=O)[C@H](NC(=O)c1cccs1)C1CCN(C(=S)Nc2ccc(F)cc2)CC1. The number of thiophene rings is 1. The van der Waals surface area contributed by atoms with Crippen LogP contribution in [0.1, 0.15) is 35.9 Å². The van der Waals surface area contributed by atoms with Crippen molar-refractivity contribution in [2.75, 3.05) is 25.0 Å². The van der Waals surface area contributed by atoms with E-state index in [0.717, 1.165) is 24.9 Å². The Morgan fingerprint density at radius 1 is 1.23 bits per heavy atom. The molecule has 9 heteroatoms. The number of benzene rings is 1. The highest BCUT2D eigenvalue weighted by atomic mass is 32.1. The van der Waals surface area contributed by atoms with Crippen molar-refractivity contribution in [3.05, 3.63) is 52.5 Å². The molecule has 2 heterocycles. The summed E-state index contributed by atoms with van der Waals surface area (Å²) in [5.41, 5.74) is 0.730. The first kappa shape index (κ1) is 23.1. The Morgan fingerprint density at radius 2 is 1.94 bits per heavy atom. The monoisotopic (exact) mass is 462 g/mol. The van der Waals surface area contributed by atoms with Gasteiger partial charge in [0.1, 0.15) is 11.9 Å². The minimum absolute atomic E-state index is 0.0191. The first-order valence-corrected chi connectivity index (χ1v) is 11.7. The van der Waals surface area contributed by atoms with Crippen molar-refractivity contribution in [2.24, 2.45) is 5.92 Å². The molecule has 2 aromatic rings. The Morgan fingerprint density at radius 3 is 2.55 bits per heavy atom. The van der Waals surface area contributed by atoms with Crippen molar-refractivity contribution in [2.45, 2.75) is 32.2 Å². The quantitative estimate of drug-likeness (QED) is 0.548. The van der Waals surface area contributed by atoms with Gasteiger partial charge in [-0.05, 0) is 73.1 Å². The van der Waals surface area contributed by atoms with Crippen molar-refractivity contribution in [1.82, 2.24) is 15.5 Å². The van der Waals surface area contributed by atoms with Gasteiger partial charge in [0.2, 0.25) is 5.91 Å². The molecule has 0 unspecified atom stereocenters. The molecule has 1 fully saturated rings. The van der Waals surface area contributed by atoms with Gasteiger partial charge >= 0.3 is 0 Å². The van der Waals surface area contributed by atoms with Gasteiger partial charge in [-0.1, -0.05) is 13.0 Å². The van der Waals surface area contributed by atoms with Gasteiger partial charge in [0.25, 0.3) is 5.91 Å². The fraction of sp³-hybridized carbons (Fsp3) is 0.409. The fourth-order valence-electron chi connectivity index (χ4n) is 3.55. The molecular formula is C22H27FN4O2S2. The van der Waals surface area contributed by atoms with E-state index in [1.807, 2.05) is 23.3 Å².